The Balaban J connectivity index is 1.69. The molecule has 0 unspecified atom stereocenters. The van der Waals surface area contributed by atoms with Crippen molar-refractivity contribution in [2.45, 2.75) is 6.61 Å². The van der Waals surface area contributed by atoms with Gasteiger partial charge in [0.05, 0.1) is 12.2 Å². The van der Waals surface area contributed by atoms with Crippen LogP contribution in [0.5, 0.6) is 0 Å². The minimum absolute atomic E-state index is 0.256. The number of benzene rings is 1. The number of nitrogens with one attached hydrogen (secondary N) is 3. The normalized spacial score (nSPS) is 13.2. The van der Waals surface area contributed by atoms with Crippen LogP contribution in [-0.4, -0.2) is 12.6 Å². The lowest BCUT2D eigenvalue weighted by Crippen LogP contribution is -2.39. The van der Waals surface area contributed by atoms with Gasteiger partial charge in [0.15, 0.2) is 0 Å². The lowest BCUT2D eigenvalue weighted by Gasteiger charge is -2.14. The van der Waals surface area contributed by atoms with Gasteiger partial charge >= 0.3 is 6.09 Å². The van der Waals surface area contributed by atoms with Gasteiger partial charge in [0.1, 0.15) is 6.61 Å². The highest BCUT2D eigenvalue weighted by Crippen LogP contribution is 2.00. The van der Waals surface area contributed by atoms with Gasteiger partial charge in [0.2, 0.25) is 0 Å². The molecule has 0 spiro atoms. The molecule has 2 rings (SSSR count). The number of hydrogen-bond donors (Lipinski definition) is 3. The van der Waals surface area contributed by atoms with Gasteiger partial charge in [0.25, 0.3) is 0 Å². The van der Waals surface area contributed by atoms with E-state index in [1.165, 1.54) is 0 Å². The van der Waals surface area contributed by atoms with Crippen molar-refractivity contribution in [1.29, 1.82) is 0 Å². The number of rotatable bonds is 4. The van der Waals surface area contributed by atoms with Crippen molar-refractivity contribution < 1.29 is 9.53 Å². The molecule has 0 fully saturated rings. The average molecular weight is 245 g/mol. The summed E-state index contributed by atoms with van der Waals surface area (Å²) >= 11 is 0. The predicted octanol–water partition coefficient (Wildman–Crippen LogP) is 1.42. The van der Waals surface area contributed by atoms with Crippen LogP contribution in [0, 0.1) is 0 Å². The summed E-state index contributed by atoms with van der Waals surface area (Å²) in [7, 11) is 0. The van der Waals surface area contributed by atoms with E-state index in [1.54, 1.807) is 0 Å². The third-order valence-electron chi connectivity index (χ3n) is 2.34. The molecule has 1 aliphatic rings. The number of carbonyl (C=O) groups is 1. The van der Waals surface area contributed by atoms with Crippen LogP contribution in [0.15, 0.2) is 54.4 Å². The van der Waals surface area contributed by atoms with Gasteiger partial charge in [-0.1, -0.05) is 30.3 Å². The molecule has 0 bridgehead atoms. The Morgan fingerprint density at radius 2 is 2.17 bits per heavy atom. The van der Waals surface area contributed by atoms with Crippen LogP contribution in [0.2, 0.25) is 0 Å². The van der Waals surface area contributed by atoms with Crippen molar-refractivity contribution in [1.82, 2.24) is 16.2 Å². The molecule has 94 valence electrons. The number of carbonyl (C=O) groups excluding carboxylic acids is 1. The molecule has 1 aromatic carbocycles. The van der Waals surface area contributed by atoms with Crippen LogP contribution in [0.25, 0.3) is 0 Å². The van der Waals surface area contributed by atoms with Crippen molar-refractivity contribution >= 4 is 6.09 Å². The zero-order chi connectivity index (χ0) is 12.6. The largest absolute Gasteiger partial charge is 0.443 e. The second-order valence-electron chi connectivity index (χ2n) is 3.74. The van der Waals surface area contributed by atoms with Crippen LogP contribution in [0.3, 0.4) is 0 Å². The Morgan fingerprint density at radius 3 is 2.89 bits per heavy atom. The molecule has 0 radical (unpaired) electrons. The van der Waals surface area contributed by atoms with Crippen molar-refractivity contribution in [3.8, 4) is 0 Å². The highest BCUT2D eigenvalue weighted by atomic mass is 16.6. The Kier molecular flexibility index (Phi) is 4.24. The smallest absolute Gasteiger partial charge is 0.426 e. The van der Waals surface area contributed by atoms with Crippen molar-refractivity contribution in [3.63, 3.8) is 0 Å². The maximum Gasteiger partial charge on any atom is 0.426 e. The Bertz CT molecular complexity index is 455. The fourth-order valence-electron chi connectivity index (χ4n) is 1.44. The molecule has 1 amide bonds. The van der Waals surface area contributed by atoms with E-state index in [-0.39, 0.29) is 6.61 Å². The van der Waals surface area contributed by atoms with Gasteiger partial charge in [0, 0.05) is 0 Å². The van der Waals surface area contributed by atoms with Gasteiger partial charge in [-0.2, -0.15) is 0 Å². The molecular weight excluding hydrogens is 230 g/mol. The van der Waals surface area contributed by atoms with Gasteiger partial charge in [-0.15, -0.1) is 0 Å². The van der Waals surface area contributed by atoms with Gasteiger partial charge in [-0.05, 0) is 23.9 Å². The fraction of sp³-hybridized carbons (Fsp3) is 0.154. The topological polar surface area (TPSA) is 62.4 Å². The summed E-state index contributed by atoms with van der Waals surface area (Å²) in [6, 6.07) is 9.53. The molecule has 0 saturated heterocycles. The third kappa shape index (κ3) is 3.86. The molecule has 1 heterocycles. The fourth-order valence-corrected chi connectivity index (χ4v) is 1.44. The standard InChI is InChI=1S/C13H15N3O2/c17-13(16-15-12-7-4-8-14-9-12)18-10-11-5-2-1-3-6-11/h1-8,14-15H,9-10H2,(H,16,17). The molecule has 18 heavy (non-hydrogen) atoms. The molecular formula is C13H15N3O2. The zero-order valence-electron chi connectivity index (χ0n) is 9.85. The molecule has 5 heteroatoms. The van der Waals surface area contributed by atoms with E-state index in [9.17, 15) is 4.79 Å². The van der Waals surface area contributed by atoms with Gasteiger partial charge in [-0.25, -0.2) is 10.2 Å². The Labute approximate surface area is 105 Å². The second-order valence-corrected chi connectivity index (χ2v) is 3.74. The second kappa shape index (κ2) is 6.34. The molecule has 0 saturated carbocycles. The number of amides is 1. The minimum atomic E-state index is -0.505. The molecule has 3 N–H and O–H groups in total. The highest BCUT2D eigenvalue weighted by Gasteiger charge is 2.03. The average Bonchev–Trinajstić information content (AvgIpc) is 2.45. The number of dihydropyridines is 1. The van der Waals surface area contributed by atoms with Gasteiger partial charge < -0.3 is 10.1 Å². The summed E-state index contributed by atoms with van der Waals surface area (Å²) in [5.74, 6) is 0. The molecule has 0 atom stereocenters. The van der Waals surface area contributed by atoms with E-state index in [0.29, 0.717) is 6.54 Å². The lowest BCUT2D eigenvalue weighted by atomic mass is 10.2. The molecule has 1 aromatic rings. The minimum Gasteiger partial charge on any atom is -0.443 e. The van der Waals surface area contributed by atoms with E-state index in [0.717, 1.165) is 11.3 Å². The lowest BCUT2D eigenvalue weighted by molar-refractivity contribution is 0.136. The van der Waals surface area contributed by atoms with Crippen LogP contribution in [0.1, 0.15) is 5.56 Å². The van der Waals surface area contributed by atoms with Crippen LogP contribution in [-0.2, 0) is 11.3 Å². The molecule has 0 aromatic heterocycles. The van der Waals surface area contributed by atoms with Crippen LogP contribution < -0.4 is 16.2 Å². The summed E-state index contributed by atoms with van der Waals surface area (Å²) in [6.07, 6.45) is 5.05. The Hall–Kier alpha value is -2.43. The van der Waals surface area contributed by atoms with Crippen molar-refractivity contribution in [2.24, 2.45) is 0 Å². The molecule has 1 aliphatic heterocycles. The van der Waals surface area contributed by atoms with Gasteiger partial charge in [-0.3, -0.25) is 5.43 Å². The van der Waals surface area contributed by atoms with E-state index in [2.05, 4.69) is 16.2 Å². The van der Waals surface area contributed by atoms with Crippen molar-refractivity contribution in [2.75, 3.05) is 6.54 Å². The highest BCUT2D eigenvalue weighted by molar-refractivity contribution is 5.66. The predicted molar refractivity (Wildman–Crippen MR) is 68.1 cm³/mol. The third-order valence-corrected chi connectivity index (χ3v) is 2.34. The first-order valence-corrected chi connectivity index (χ1v) is 5.66. The summed E-state index contributed by atoms with van der Waals surface area (Å²) in [5, 5.41) is 3.01. The number of hydrazine groups is 1. The first kappa shape index (κ1) is 12.0. The first-order chi connectivity index (χ1) is 8.84. The van der Waals surface area contributed by atoms with E-state index in [4.69, 9.17) is 4.74 Å². The number of ether oxygens (including phenoxy) is 1. The van der Waals surface area contributed by atoms with Crippen LogP contribution in [0.4, 0.5) is 4.79 Å². The Morgan fingerprint density at radius 1 is 1.33 bits per heavy atom. The van der Waals surface area contributed by atoms with E-state index in [1.807, 2.05) is 48.7 Å². The molecule has 0 aliphatic carbocycles. The van der Waals surface area contributed by atoms with Crippen molar-refractivity contribution in [3.05, 3.63) is 59.9 Å². The van der Waals surface area contributed by atoms with E-state index < -0.39 is 6.09 Å². The summed E-state index contributed by atoms with van der Waals surface area (Å²) in [5.41, 5.74) is 7.07. The zero-order valence-corrected chi connectivity index (χ0v) is 9.85. The summed E-state index contributed by atoms with van der Waals surface area (Å²) < 4.78 is 5.04. The number of allylic oxidation sites excluding steroid dienone is 2. The first-order valence-electron chi connectivity index (χ1n) is 5.66. The quantitative estimate of drug-likeness (QED) is 0.702. The van der Waals surface area contributed by atoms with E-state index >= 15 is 0 Å². The molecule has 5 nitrogen and oxygen atoms in total. The summed E-state index contributed by atoms with van der Waals surface area (Å²) in [4.78, 5) is 11.4. The monoisotopic (exact) mass is 245 g/mol. The SMILES string of the molecule is O=C(NNC1=CC=CNC1)OCc1ccccc1. The van der Waals surface area contributed by atoms with Crippen LogP contribution >= 0.6 is 0 Å². The summed E-state index contributed by atoms with van der Waals surface area (Å²) in [6.45, 7) is 0.904. The number of hydrogen-bond acceptors (Lipinski definition) is 4. The maximum atomic E-state index is 11.4. The maximum absolute atomic E-state index is 11.4.